The highest BCUT2D eigenvalue weighted by molar-refractivity contribution is 7.71. The van der Waals surface area contributed by atoms with Gasteiger partial charge in [-0.05, 0) is 36.5 Å². The molecule has 6 heteroatoms. The van der Waals surface area contributed by atoms with Gasteiger partial charge in [-0.2, -0.15) is 4.68 Å². The molecule has 2 N–H and O–H groups in total. The second kappa shape index (κ2) is 4.66. The minimum Gasteiger partial charge on any atom is -0.315 e. The lowest BCUT2D eigenvalue weighted by molar-refractivity contribution is 0.857. The van der Waals surface area contributed by atoms with Crippen molar-refractivity contribution in [2.24, 2.45) is 0 Å². The number of aromatic nitrogens is 3. The van der Waals surface area contributed by atoms with Crippen molar-refractivity contribution in [1.82, 2.24) is 14.6 Å². The van der Waals surface area contributed by atoms with Crippen LogP contribution in [0.15, 0.2) is 53.5 Å². The van der Waals surface area contributed by atoms with Crippen molar-refractivity contribution in [3.63, 3.8) is 0 Å². The molecule has 0 atom stereocenters. The third-order valence-electron chi connectivity index (χ3n) is 2.68. The summed E-state index contributed by atoms with van der Waals surface area (Å²) in [5.41, 5.74) is 4.02. The first kappa shape index (κ1) is 11.6. The van der Waals surface area contributed by atoms with Crippen LogP contribution in [0.4, 0.5) is 5.69 Å². The zero-order valence-corrected chi connectivity index (χ0v) is 10.6. The molecule has 0 radical (unpaired) electrons. The minimum atomic E-state index is -0.226. The second-order valence-electron chi connectivity index (χ2n) is 3.95. The van der Waals surface area contributed by atoms with Gasteiger partial charge in [0.05, 0.1) is 11.1 Å². The van der Waals surface area contributed by atoms with Crippen LogP contribution >= 0.6 is 12.2 Å². The highest BCUT2D eigenvalue weighted by Crippen LogP contribution is 2.06. The Hall–Kier alpha value is -2.47. The first-order valence-electron chi connectivity index (χ1n) is 5.68. The van der Waals surface area contributed by atoms with E-state index in [1.54, 1.807) is 18.3 Å². The quantitative estimate of drug-likeness (QED) is 0.702. The largest absolute Gasteiger partial charge is 0.315 e. The molecule has 0 unspecified atom stereocenters. The molecular formula is C13H10N4OS. The van der Waals surface area contributed by atoms with E-state index in [9.17, 15) is 4.79 Å². The molecule has 0 spiro atoms. The summed E-state index contributed by atoms with van der Waals surface area (Å²) < 4.78 is 1.58. The van der Waals surface area contributed by atoms with E-state index in [4.69, 9.17) is 12.2 Å². The van der Waals surface area contributed by atoms with Crippen molar-refractivity contribution < 1.29 is 0 Å². The zero-order chi connectivity index (χ0) is 13.2. The van der Waals surface area contributed by atoms with Crippen LogP contribution in [0.5, 0.6) is 0 Å². The van der Waals surface area contributed by atoms with E-state index in [1.807, 2.05) is 30.3 Å². The van der Waals surface area contributed by atoms with E-state index in [0.717, 1.165) is 5.69 Å². The first-order valence-corrected chi connectivity index (χ1v) is 6.09. The van der Waals surface area contributed by atoms with Crippen molar-refractivity contribution in [3.8, 4) is 0 Å². The maximum atomic E-state index is 12.3. The standard InChI is InChI=1S/C13H10N4OS/c18-12-10-7-4-8-14-11(10)15-13(19)17(12)16-9-5-2-1-3-6-9/h1-8,16H,(H,14,15,19). The first-order chi connectivity index (χ1) is 9.25. The Bertz CT molecular complexity index is 838. The molecule has 5 nitrogen and oxygen atoms in total. The lowest BCUT2D eigenvalue weighted by Gasteiger charge is -2.10. The number of anilines is 1. The maximum absolute atomic E-state index is 12.3. The van der Waals surface area contributed by atoms with Gasteiger partial charge in [0.1, 0.15) is 5.65 Å². The average molecular weight is 270 g/mol. The fourth-order valence-corrected chi connectivity index (χ4v) is 2.02. The van der Waals surface area contributed by atoms with E-state index in [1.165, 1.54) is 4.68 Å². The minimum absolute atomic E-state index is 0.226. The summed E-state index contributed by atoms with van der Waals surface area (Å²) in [6, 6.07) is 12.8. The number of H-pyrrole nitrogens is 1. The number of para-hydroxylation sites is 1. The molecule has 0 bridgehead atoms. The van der Waals surface area contributed by atoms with Crippen molar-refractivity contribution >= 4 is 28.9 Å². The van der Waals surface area contributed by atoms with Gasteiger partial charge in [-0.25, -0.2) is 4.98 Å². The van der Waals surface area contributed by atoms with Crippen LogP contribution in [-0.2, 0) is 0 Å². The van der Waals surface area contributed by atoms with Gasteiger partial charge in [-0.15, -0.1) is 0 Å². The lowest BCUT2D eigenvalue weighted by atomic mass is 10.3. The van der Waals surface area contributed by atoms with E-state index >= 15 is 0 Å². The Morgan fingerprint density at radius 2 is 1.95 bits per heavy atom. The number of benzene rings is 1. The number of pyridine rings is 1. The lowest BCUT2D eigenvalue weighted by Crippen LogP contribution is -2.28. The molecule has 0 saturated heterocycles. The molecule has 0 aliphatic carbocycles. The predicted molar refractivity (Wildman–Crippen MR) is 76.7 cm³/mol. The second-order valence-corrected chi connectivity index (χ2v) is 4.33. The van der Waals surface area contributed by atoms with Crippen LogP contribution in [0.1, 0.15) is 0 Å². The van der Waals surface area contributed by atoms with Gasteiger partial charge in [0.2, 0.25) is 4.77 Å². The highest BCUT2D eigenvalue weighted by Gasteiger charge is 2.05. The van der Waals surface area contributed by atoms with Gasteiger partial charge < -0.3 is 4.98 Å². The number of fused-ring (bicyclic) bond motifs is 1. The topological polar surface area (TPSA) is 62.7 Å². The van der Waals surface area contributed by atoms with Crippen LogP contribution in [0.3, 0.4) is 0 Å². The fraction of sp³-hybridized carbons (Fsp3) is 0. The molecule has 1 aromatic carbocycles. The average Bonchev–Trinajstić information content (AvgIpc) is 2.45. The van der Waals surface area contributed by atoms with E-state index in [-0.39, 0.29) is 10.3 Å². The summed E-state index contributed by atoms with van der Waals surface area (Å²) in [4.78, 5) is 19.3. The molecule has 0 aliphatic rings. The number of aromatic amines is 1. The Morgan fingerprint density at radius 1 is 1.16 bits per heavy atom. The highest BCUT2D eigenvalue weighted by atomic mass is 32.1. The van der Waals surface area contributed by atoms with Crippen LogP contribution in [-0.4, -0.2) is 14.6 Å². The smallest absolute Gasteiger partial charge is 0.282 e. The molecule has 2 aromatic heterocycles. The van der Waals surface area contributed by atoms with Gasteiger partial charge in [0.15, 0.2) is 0 Å². The van der Waals surface area contributed by atoms with Gasteiger partial charge in [-0.1, -0.05) is 18.2 Å². The number of rotatable bonds is 2. The summed E-state index contributed by atoms with van der Waals surface area (Å²) >= 11 is 5.17. The van der Waals surface area contributed by atoms with Crippen molar-refractivity contribution in [2.45, 2.75) is 0 Å². The molecular weight excluding hydrogens is 260 g/mol. The van der Waals surface area contributed by atoms with Gasteiger partial charge in [-0.3, -0.25) is 10.2 Å². The Morgan fingerprint density at radius 3 is 2.74 bits per heavy atom. The molecule has 94 valence electrons. The monoisotopic (exact) mass is 270 g/mol. The molecule has 0 fully saturated rings. The van der Waals surface area contributed by atoms with Crippen LogP contribution in [0.2, 0.25) is 0 Å². The fourth-order valence-electron chi connectivity index (χ4n) is 1.79. The molecule has 3 rings (SSSR count). The van der Waals surface area contributed by atoms with Gasteiger partial charge >= 0.3 is 0 Å². The summed E-state index contributed by atoms with van der Waals surface area (Å²) in [6.07, 6.45) is 1.61. The molecule has 0 amide bonds. The van der Waals surface area contributed by atoms with E-state index in [2.05, 4.69) is 15.4 Å². The number of hydrogen-bond donors (Lipinski definition) is 2. The molecule has 3 aromatic rings. The molecule has 0 saturated carbocycles. The number of nitrogens with one attached hydrogen (secondary N) is 2. The summed E-state index contributed by atoms with van der Waals surface area (Å²) in [7, 11) is 0. The van der Waals surface area contributed by atoms with Gasteiger partial charge in [0, 0.05) is 6.20 Å². The van der Waals surface area contributed by atoms with Gasteiger partial charge in [0.25, 0.3) is 5.56 Å². The van der Waals surface area contributed by atoms with Crippen LogP contribution < -0.4 is 11.0 Å². The third kappa shape index (κ3) is 2.13. The maximum Gasteiger partial charge on any atom is 0.282 e. The number of nitrogens with zero attached hydrogens (tertiary/aromatic N) is 2. The SMILES string of the molecule is O=c1c2cccnc2[nH]c(=S)n1Nc1ccccc1. The summed E-state index contributed by atoms with van der Waals surface area (Å²) in [6.45, 7) is 0. The van der Waals surface area contributed by atoms with E-state index in [0.29, 0.717) is 11.0 Å². The van der Waals surface area contributed by atoms with E-state index < -0.39 is 0 Å². The summed E-state index contributed by atoms with van der Waals surface area (Å²) in [5, 5.41) is 0.486. The summed E-state index contributed by atoms with van der Waals surface area (Å²) in [5.74, 6) is 0. The Labute approximate surface area is 113 Å². The zero-order valence-electron chi connectivity index (χ0n) is 9.83. The van der Waals surface area contributed by atoms with Crippen LogP contribution in [0.25, 0.3) is 11.0 Å². The Kier molecular flexibility index (Phi) is 2.85. The van der Waals surface area contributed by atoms with Crippen molar-refractivity contribution in [1.29, 1.82) is 0 Å². The third-order valence-corrected chi connectivity index (χ3v) is 2.97. The van der Waals surface area contributed by atoms with Crippen molar-refractivity contribution in [3.05, 3.63) is 63.8 Å². The normalized spacial score (nSPS) is 10.5. The van der Waals surface area contributed by atoms with Crippen LogP contribution in [0, 0.1) is 4.77 Å². The molecule has 0 aliphatic heterocycles. The Balaban J connectivity index is 2.19. The number of hydrogen-bond acceptors (Lipinski definition) is 4. The van der Waals surface area contributed by atoms with Crippen molar-refractivity contribution in [2.75, 3.05) is 5.43 Å². The predicted octanol–water partition coefficient (Wildman–Crippen LogP) is 2.33. The molecule has 2 heterocycles. The molecule has 19 heavy (non-hydrogen) atoms.